The van der Waals surface area contributed by atoms with E-state index >= 15 is 0 Å². The summed E-state index contributed by atoms with van der Waals surface area (Å²) < 4.78 is 10.5. The number of hydrogen-bond acceptors (Lipinski definition) is 7. The third kappa shape index (κ3) is 11.4. The van der Waals surface area contributed by atoms with Crippen LogP contribution in [0.3, 0.4) is 0 Å². The summed E-state index contributed by atoms with van der Waals surface area (Å²) in [5.41, 5.74) is 7.58. The molecular weight excluding hydrogens is 685 g/mol. The molecule has 284 valence electrons. The number of benzene rings is 3. The van der Waals surface area contributed by atoms with Gasteiger partial charge in [-0.2, -0.15) is 10.5 Å². The van der Waals surface area contributed by atoms with Gasteiger partial charge < -0.3 is 9.47 Å². The topological polar surface area (TPSA) is 117 Å². The Kier molecular flexibility index (Phi) is 16.6. The van der Waals surface area contributed by atoms with E-state index in [1.165, 1.54) is 18.4 Å². The zero-order valence-electron chi connectivity index (χ0n) is 32.6. The number of nitriles is 2. The van der Waals surface area contributed by atoms with Crippen molar-refractivity contribution in [1.82, 2.24) is 0 Å². The average Bonchev–Trinajstić information content (AvgIpc) is 3.79. The van der Waals surface area contributed by atoms with Crippen LogP contribution >= 0.6 is 0 Å². The molecule has 3 aromatic rings. The minimum Gasteiger partial charge on any atom is -0.465 e. The van der Waals surface area contributed by atoms with Crippen LogP contribution in [0, 0.1) is 34.5 Å². The van der Waals surface area contributed by atoms with E-state index in [1.54, 1.807) is 12.1 Å². The van der Waals surface area contributed by atoms with Crippen molar-refractivity contribution in [1.29, 1.82) is 10.5 Å². The van der Waals surface area contributed by atoms with Gasteiger partial charge >= 0.3 is 11.9 Å². The maximum Gasteiger partial charge on any atom is 0.349 e. The lowest BCUT2D eigenvalue weighted by Gasteiger charge is -2.14. The quantitative estimate of drug-likeness (QED) is 0.119. The highest BCUT2D eigenvalue weighted by molar-refractivity contribution is 6.23. The van der Waals surface area contributed by atoms with Crippen LogP contribution in [0.4, 0.5) is 0 Å². The van der Waals surface area contributed by atoms with Crippen molar-refractivity contribution in [3.05, 3.63) is 118 Å². The third-order valence-corrected chi connectivity index (χ3v) is 10.1. The zero-order chi connectivity index (χ0) is 39.6. The fraction of sp³-hybridized carbons (Fsp3) is 0.354. The van der Waals surface area contributed by atoms with E-state index in [4.69, 9.17) is 14.7 Å². The SMILES string of the molecule is CCCCC(CC)COC(=O)/C(C#N)=c1/cccc2c1=Cc1ccccc1-2.CCCCC(CC)COC(=O)CC#N.O=C1C=CC=C2C1=Cc1ccccc12. The lowest BCUT2D eigenvalue weighted by atomic mass is 9.96. The number of ketones is 1. The molecule has 0 aromatic heterocycles. The van der Waals surface area contributed by atoms with Gasteiger partial charge in [0.05, 0.1) is 19.3 Å². The highest BCUT2D eigenvalue weighted by atomic mass is 16.5. The molecule has 3 aromatic carbocycles. The Bertz CT molecular complexity index is 2140. The normalized spacial score (nSPS) is 14.1. The molecule has 3 aliphatic rings. The number of fused-ring (bicyclic) bond motifs is 6. The van der Waals surface area contributed by atoms with Gasteiger partial charge in [-0.1, -0.05) is 145 Å². The molecule has 0 radical (unpaired) electrons. The maximum atomic E-state index is 12.6. The first-order valence-corrected chi connectivity index (χ1v) is 19.6. The molecule has 0 bridgehead atoms. The van der Waals surface area contributed by atoms with E-state index in [0.29, 0.717) is 30.3 Å². The van der Waals surface area contributed by atoms with Crippen molar-refractivity contribution in [3.63, 3.8) is 0 Å². The summed E-state index contributed by atoms with van der Waals surface area (Å²) in [6.45, 7) is 9.35. The van der Waals surface area contributed by atoms with Crippen LogP contribution < -0.4 is 10.4 Å². The summed E-state index contributed by atoms with van der Waals surface area (Å²) in [6.07, 6.45) is 18.1. The van der Waals surface area contributed by atoms with Gasteiger partial charge in [-0.15, -0.1) is 0 Å². The molecule has 6 rings (SSSR count). The first-order chi connectivity index (χ1) is 26.8. The Balaban J connectivity index is 0.000000202. The number of carbonyl (C=O) groups is 3. The second kappa shape index (κ2) is 21.8. The monoisotopic (exact) mass is 736 g/mol. The van der Waals surface area contributed by atoms with Crippen molar-refractivity contribution < 1.29 is 23.9 Å². The van der Waals surface area contributed by atoms with Crippen LogP contribution in [-0.2, 0) is 23.9 Å². The summed E-state index contributed by atoms with van der Waals surface area (Å²) in [5, 5.41) is 19.5. The predicted molar refractivity (Wildman–Crippen MR) is 219 cm³/mol. The van der Waals surface area contributed by atoms with Crippen LogP contribution in [0.1, 0.15) is 102 Å². The van der Waals surface area contributed by atoms with E-state index in [1.807, 2.05) is 78.9 Å². The van der Waals surface area contributed by atoms with Crippen LogP contribution in [0.2, 0.25) is 0 Å². The molecule has 2 unspecified atom stereocenters. The minimum atomic E-state index is -0.523. The van der Waals surface area contributed by atoms with E-state index in [0.717, 1.165) is 77.1 Å². The highest BCUT2D eigenvalue weighted by Crippen LogP contribution is 2.37. The van der Waals surface area contributed by atoms with Crippen molar-refractivity contribution in [2.75, 3.05) is 13.2 Å². The molecule has 7 heteroatoms. The first-order valence-electron chi connectivity index (χ1n) is 19.6. The molecule has 2 atom stereocenters. The second-order valence-electron chi connectivity index (χ2n) is 13.9. The minimum absolute atomic E-state index is 0.0845. The Morgan fingerprint density at radius 3 is 1.93 bits per heavy atom. The van der Waals surface area contributed by atoms with E-state index in [-0.39, 0.29) is 17.8 Å². The number of hydrogen-bond donors (Lipinski definition) is 0. The molecule has 3 aliphatic carbocycles. The van der Waals surface area contributed by atoms with E-state index < -0.39 is 11.9 Å². The molecule has 0 amide bonds. The lowest BCUT2D eigenvalue weighted by molar-refractivity contribution is -0.144. The molecule has 55 heavy (non-hydrogen) atoms. The van der Waals surface area contributed by atoms with Gasteiger partial charge in [-0.05, 0) is 81.5 Å². The first kappa shape index (κ1) is 42.0. The predicted octanol–water partition coefficient (Wildman–Crippen LogP) is 9.20. The number of nitrogens with zero attached hydrogens (tertiary/aromatic N) is 2. The second-order valence-corrected chi connectivity index (χ2v) is 13.9. The largest absolute Gasteiger partial charge is 0.465 e. The average molecular weight is 737 g/mol. The number of ether oxygens (including phenoxy) is 2. The van der Waals surface area contributed by atoms with Crippen LogP contribution in [0.5, 0.6) is 0 Å². The molecule has 0 N–H and O–H groups in total. The molecule has 0 saturated carbocycles. The standard InChI is InChI=1S/C24H25NO2.C13H8O.C11H19NO2/c1-3-5-9-17(4-2)16-27-24(26)23(15-25)21-13-8-12-20-19-11-7-6-10-18(19)14-22(20)21;14-13-7-3-6-11-10-5-2-1-4-9(10)8-12(11)13;1-3-5-6-10(4-2)9-14-11(13)7-8-12/h6-8,10-14,17H,3-5,9,16H2,1-2H3;1-8H;10H,3-7,9H2,1-2H3/b23-21-;;. The zero-order valence-corrected chi connectivity index (χ0v) is 32.6. The smallest absolute Gasteiger partial charge is 0.349 e. The van der Waals surface area contributed by atoms with E-state index in [2.05, 4.69) is 45.9 Å². The van der Waals surface area contributed by atoms with Crippen LogP contribution in [0.15, 0.2) is 90.5 Å². The van der Waals surface area contributed by atoms with Gasteiger partial charge in [-0.3, -0.25) is 9.59 Å². The Labute approximate surface area is 326 Å². The Morgan fingerprint density at radius 1 is 0.709 bits per heavy atom. The summed E-state index contributed by atoms with van der Waals surface area (Å²) >= 11 is 0. The van der Waals surface area contributed by atoms with Gasteiger partial charge in [0.2, 0.25) is 0 Å². The van der Waals surface area contributed by atoms with Gasteiger partial charge in [0.15, 0.2) is 5.78 Å². The summed E-state index contributed by atoms with van der Waals surface area (Å²) in [6, 6.07) is 25.8. The number of rotatable bonds is 14. The summed E-state index contributed by atoms with van der Waals surface area (Å²) in [4.78, 5) is 35.1. The summed E-state index contributed by atoms with van der Waals surface area (Å²) in [7, 11) is 0. The Hall–Kier alpha value is -5.79. The lowest BCUT2D eigenvalue weighted by Crippen LogP contribution is -2.30. The molecule has 0 heterocycles. The third-order valence-electron chi connectivity index (χ3n) is 10.1. The van der Waals surface area contributed by atoms with Crippen LogP contribution in [-0.4, -0.2) is 30.9 Å². The fourth-order valence-electron chi connectivity index (χ4n) is 6.75. The fourth-order valence-corrected chi connectivity index (χ4v) is 6.75. The maximum absolute atomic E-state index is 12.6. The van der Waals surface area contributed by atoms with E-state index in [9.17, 15) is 19.6 Å². The van der Waals surface area contributed by atoms with Gasteiger partial charge in [-0.25, -0.2) is 4.79 Å². The molecule has 0 saturated heterocycles. The Morgan fingerprint density at radius 2 is 1.31 bits per heavy atom. The molecular formula is C48H52N2O5. The molecule has 7 nitrogen and oxygen atoms in total. The number of carbonyl (C=O) groups excluding carboxylic acids is 3. The van der Waals surface area contributed by atoms with Crippen LogP contribution in [0.25, 0.3) is 34.4 Å². The highest BCUT2D eigenvalue weighted by Gasteiger charge is 2.23. The molecule has 0 fully saturated rings. The summed E-state index contributed by atoms with van der Waals surface area (Å²) in [5.74, 6) is -0.00454. The molecule has 0 aliphatic heterocycles. The van der Waals surface area contributed by atoms with Crippen molar-refractivity contribution in [2.45, 2.75) is 85.5 Å². The van der Waals surface area contributed by atoms with Crippen molar-refractivity contribution in [2.24, 2.45) is 11.8 Å². The van der Waals surface area contributed by atoms with Gasteiger partial charge in [0.25, 0.3) is 0 Å². The van der Waals surface area contributed by atoms with Gasteiger partial charge in [0, 0.05) is 10.8 Å². The number of allylic oxidation sites excluding steroid dienone is 5. The number of esters is 2. The molecule has 0 spiro atoms. The van der Waals surface area contributed by atoms with Crippen molar-refractivity contribution in [3.8, 4) is 23.3 Å². The van der Waals surface area contributed by atoms with Gasteiger partial charge in [0.1, 0.15) is 18.1 Å². The van der Waals surface area contributed by atoms with Crippen molar-refractivity contribution >= 4 is 41.0 Å². The number of unbranched alkanes of at least 4 members (excludes halogenated alkanes) is 2.